The Morgan fingerprint density at radius 2 is 1.83 bits per heavy atom. The highest BCUT2D eigenvalue weighted by atomic mass is 127. The molecule has 0 spiro atoms. The molecule has 1 aliphatic rings. The highest BCUT2D eigenvalue weighted by Crippen LogP contribution is 2.44. The van der Waals surface area contributed by atoms with Gasteiger partial charge < -0.3 is 4.48 Å². The van der Waals surface area contributed by atoms with Gasteiger partial charge in [0.1, 0.15) is 16.5 Å². The third kappa shape index (κ3) is 5.82. The molecule has 0 saturated heterocycles. The summed E-state index contributed by atoms with van der Waals surface area (Å²) >= 11 is 21.7. The molecule has 130 valence electrons. The molecule has 0 aliphatic heterocycles. The molecule has 2 unspecified atom stereocenters. The predicted molar refractivity (Wildman–Crippen MR) is 113 cm³/mol. The Labute approximate surface area is 170 Å². The lowest BCUT2D eigenvalue weighted by Gasteiger charge is -2.45. The summed E-state index contributed by atoms with van der Waals surface area (Å²) in [7, 11) is 0. The van der Waals surface area contributed by atoms with Crippen molar-refractivity contribution in [3.63, 3.8) is 0 Å². The Bertz CT molecular complexity index is 487. The lowest BCUT2D eigenvalue weighted by molar-refractivity contribution is -0.922. The van der Waals surface area contributed by atoms with Crippen LogP contribution in [0.1, 0.15) is 39.5 Å². The summed E-state index contributed by atoms with van der Waals surface area (Å²) in [4.78, 5) is 0. The normalized spacial score (nSPS) is 24.8. The van der Waals surface area contributed by atoms with Crippen LogP contribution in [0.3, 0.4) is 0 Å². The molecule has 1 aliphatic carbocycles. The van der Waals surface area contributed by atoms with E-state index in [-0.39, 0.29) is 8.80 Å². The van der Waals surface area contributed by atoms with Gasteiger partial charge >= 0.3 is 0 Å². The zero-order valence-corrected chi connectivity index (χ0v) is 18.4. The van der Waals surface area contributed by atoms with Crippen molar-refractivity contribution in [3.05, 3.63) is 22.2 Å². The molecule has 0 aromatic rings. The summed E-state index contributed by atoms with van der Waals surface area (Å²) in [5, 5.41) is 1.10. The van der Waals surface area contributed by atoms with E-state index in [1.54, 1.807) is 0 Å². The van der Waals surface area contributed by atoms with Crippen LogP contribution >= 0.6 is 57.4 Å². The largest absolute Gasteiger partial charge is 0.312 e. The van der Waals surface area contributed by atoms with Crippen LogP contribution < -0.4 is 0 Å². The van der Waals surface area contributed by atoms with Crippen LogP contribution in [-0.2, 0) is 0 Å². The van der Waals surface area contributed by atoms with Crippen molar-refractivity contribution >= 4 is 57.4 Å². The van der Waals surface area contributed by atoms with E-state index in [9.17, 15) is 0 Å². The number of hydrogen-bond donors (Lipinski definition) is 0. The number of halogens is 4. The van der Waals surface area contributed by atoms with Gasteiger partial charge in [0.2, 0.25) is 0 Å². The summed E-state index contributed by atoms with van der Waals surface area (Å²) in [6.07, 6.45) is 14.0. The van der Waals surface area contributed by atoms with E-state index >= 15 is 0 Å². The maximum Gasteiger partial charge on any atom is 0.140 e. The second kappa shape index (κ2) is 9.92. The van der Waals surface area contributed by atoms with Crippen molar-refractivity contribution in [1.82, 2.24) is 0 Å². The smallest absolute Gasteiger partial charge is 0.140 e. The minimum absolute atomic E-state index is 0.230. The summed E-state index contributed by atoms with van der Waals surface area (Å²) in [6, 6.07) is 0. The second-order valence-corrected chi connectivity index (χ2v) is 9.56. The Hall–Kier alpha value is 0.600. The highest BCUT2D eigenvalue weighted by molar-refractivity contribution is 14.1. The minimum atomic E-state index is -0.363. The molecule has 0 aromatic heterocycles. The van der Waals surface area contributed by atoms with Crippen LogP contribution in [0.2, 0.25) is 0 Å². The fourth-order valence-corrected chi connectivity index (χ4v) is 5.10. The molecule has 1 nitrogen and oxygen atoms in total. The van der Waals surface area contributed by atoms with Crippen LogP contribution in [0.15, 0.2) is 22.2 Å². The van der Waals surface area contributed by atoms with Gasteiger partial charge in [0, 0.05) is 10.1 Å². The second-order valence-electron chi connectivity index (χ2n) is 6.32. The van der Waals surface area contributed by atoms with Gasteiger partial charge in [0.25, 0.3) is 0 Å². The Kier molecular flexibility index (Phi) is 9.34. The van der Waals surface area contributed by atoms with Crippen LogP contribution in [-0.4, -0.2) is 39.5 Å². The number of nitrogens with zero attached hydrogens (tertiary/aromatic N) is 1. The third-order valence-corrected chi connectivity index (χ3v) is 7.83. The summed E-state index contributed by atoms with van der Waals surface area (Å²) in [6.45, 7) is 8.11. The number of unbranched alkanes of at least 4 members (excludes halogenated alkanes) is 2. The van der Waals surface area contributed by atoms with E-state index in [2.05, 4.69) is 42.4 Å². The standard InChI is InChI=1S/C18H26Cl3IN/c1-4-7-10-23(9-6-3,11-8-5-2)14-18(22)16(20)12-15(19)13-17(18)21/h3,12-13,16H,4-5,7-11,14H2,1-2H3/q+1. The van der Waals surface area contributed by atoms with Crippen molar-refractivity contribution in [2.24, 2.45) is 0 Å². The van der Waals surface area contributed by atoms with Crippen molar-refractivity contribution in [3.8, 4) is 12.3 Å². The molecular formula is C18H26Cl3IN+. The van der Waals surface area contributed by atoms with Crippen LogP contribution in [0, 0.1) is 12.3 Å². The average molecular weight is 490 g/mol. The Balaban J connectivity index is 3.11. The van der Waals surface area contributed by atoms with Gasteiger partial charge in [0.15, 0.2) is 0 Å². The van der Waals surface area contributed by atoms with Crippen molar-refractivity contribution in [2.45, 2.75) is 48.3 Å². The van der Waals surface area contributed by atoms with E-state index in [1.165, 1.54) is 0 Å². The highest BCUT2D eigenvalue weighted by Gasteiger charge is 2.47. The predicted octanol–water partition coefficient (Wildman–Crippen LogP) is 6.08. The number of hydrogen-bond acceptors (Lipinski definition) is 0. The van der Waals surface area contributed by atoms with E-state index < -0.39 is 0 Å². The first-order valence-corrected chi connectivity index (χ1v) is 10.5. The minimum Gasteiger partial charge on any atom is -0.312 e. The lowest BCUT2D eigenvalue weighted by Crippen LogP contribution is -2.58. The van der Waals surface area contributed by atoms with Gasteiger partial charge in [-0.1, -0.05) is 72.5 Å². The number of allylic oxidation sites excluding steroid dienone is 3. The van der Waals surface area contributed by atoms with Crippen LogP contribution in [0.25, 0.3) is 0 Å². The van der Waals surface area contributed by atoms with Gasteiger partial charge in [-0.3, -0.25) is 0 Å². The number of alkyl halides is 2. The SMILES string of the molecule is C#CC[N+](CCCC)(CCCC)CC1(I)C(Cl)=CC(Cl)=CC1Cl. The quantitative estimate of drug-likeness (QED) is 0.159. The van der Waals surface area contributed by atoms with Crippen LogP contribution in [0.5, 0.6) is 0 Å². The fraction of sp³-hybridized carbons (Fsp3) is 0.667. The molecular weight excluding hydrogens is 463 g/mol. The molecule has 0 N–H and O–H groups in total. The lowest BCUT2D eigenvalue weighted by atomic mass is 9.96. The third-order valence-electron chi connectivity index (χ3n) is 4.37. The first-order chi connectivity index (χ1) is 10.8. The van der Waals surface area contributed by atoms with Gasteiger partial charge in [-0.05, 0) is 30.9 Å². The van der Waals surface area contributed by atoms with Gasteiger partial charge in [-0.15, -0.1) is 18.0 Å². The van der Waals surface area contributed by atoms with E-state index in [4.69, 9.17) is 41.2 Å². The van der Waals surface area contributed by atoms with Gasteiger partial charge in [-0.2, -0.15) is 0 Å². The molecule has 0 fully saturated rings. The molecule has 0 heterocycles. The van der Waals surface area contributed by atoms with Gasteiger partial charge in [-0.25, -0.2) is 0 Å². The number of quaternary nitrogens is 1. The molecule has 0 aromatic carbocycles. The Morgan fingerprint density at radius 3 is 2.26 bits per heavy atom. The molecule has 23 heavy (non-hydrogen) atoms. The molecule has 0 amide bonds. The molecule has 0 saturated carbocycles. The van der Waals surface area contributed by atoms with Gasteiger partial charge in [0.05, 0.1) is 18.5 Å². The number of rotatable bonds is 9. The topological polar surface area (TPSA) is 0 Å². The van der Waals surface area contributed by atoms with E-state index in [0.29, 0.717) is 5.03 Å². The fourth-order valence-electron chi connectivity index (χ4n) is 3.01. The first-order valence-electron chi connectivity index (χ1n) is 8.20. The number of terminal acetylenes is 1. The summed E-state index contributed by atoms with van der Waals surface area (Å²) in [5.41, 5.74) is 0. The van der Waals surface area contributed by atoms with Crippen LogP contribution in [0.4, 0.5) is 0 Å². The van der Waals surface area contributed by atoms with Crippen molar-refractivity contribution in [1.29, 1.82) is 0 Å². The molecule has 5 heteroatoms. The maximum absolute atomic E-state index is 6.63. The molecule has 0 bridgehead atoms. The zero-order chi connectivity index (χ0) is 17.5. The van der Waals surface area contributed by atoms with Crippen molar-refractivity contribution < 1.29 is 4.48 Å². The molecule has 1 rings (SSSR count). The monoisotopic (exact) mass is 488 g/mol. The first kappa shape index (κ1) is 21.6. The maximum atomic E-state index is 6.63. The average Bonchev–Trinajstić information content (AvgIpc) is 2.49. The summed E-state index contributed by atoms with van der Waals surface area (Å²) in [5.74, 6) is 2.89. The summed E-state index contributed by atoms with van der Waals surface area (Å²) < 4.78 is 0.511. The van der Waals surface area contributed by atoms with E-state index in [0.717, 1.165) is 61.4 Å². The zero-order valence-electron chi connectivity index (χ0n) is 13.9. The molecule has 2 atom stereocenters. The molecule has 0 radical (unpaired) electrons. The van der Waals surface area contributed by atoms with E-state index in [1.807, 2.05) is 12.2 Å². The Morgan fingerprint density at radius 1 is 1.26 bits per heavy atom. The van der Waals surface area contributed by atoms with Crippen molar-refractivity contribution in [2.75, 3.05) is 26.2 Å².